The van der Waals surface area contributed by atoms with Crippen molar-refractivity contribution in [3.63, 3.8) is 0 Å². The average molecular weight is 339 g/mol. The highest BCUT2D eigenvalue weighted by Crippen LogP contribution is 2.11. The Bertz CT molecular complexity index is 669. The number of amides is 3. The molecule has 0 radical (unpaired) electrons. The van der Waals surface area contributed by atoms with Gasteiger partial charge in [-0.2, -0.15) is 0 Å². The molecule has 3 N–H and O–H groups in total. The van der Waals surface area contributed by atoms with E-state index in [1.54, 1.807) is 24.3 Å². The van der Waals surface area contributed by atoms with E-state index in [2.05, 4.69) is 22.9 Å². The molecule has 0 spiro atoms. The van der Waals surface area contributed by atoms with Gasteiger partial charge >= 0.3 is 6.03 Å². The molecule has 2 rings (SSSR count). The Labute approximate surface area is 148 Å². The van der Waals surface area contributed by atoms with Gasteiger partial charge in [0.25, 0.3) is 5.91 Å². The molecule has 2 aromatic carbocycles. The Morgan fingerprint density at radius 3 is 2.08 bits per heavy atom. The Hall–Kier alpha value is -2.82. The van der Waals surface area contributed by atoms with Crippen LogP contribution in [0, 0.1) is 0 Å². The zero-order valence-electron chi connectivity index (χ0n) is 14.5. The van der Waals surface area contributed by atoms with Crippen LogP contribution in [0.2, 0.25) is 0 Å². The van der Waals surface area contributed by atoms with Crippen molar-refractivity contribution in [3.8, 4) is 0 Å². The lowest BCUT2D eigenvalue weighted by Gasteiger charge is -2.09. The molecule has 132 valence electrons. The minimum absolute atomic E-state index is 0.0863. The van der Waals surface area contributed by atoms with E-state index in [0.29, 0.717) is 17.8 Å². The maximum absolute atomic E-state index is 12.0. The summed E-state index contributed by atoms with van der Waals surface area (Å²) in [6.07, 6.45) is 4.51. The Kier molecular flexibility index (Phi) is 7.50. The summed E-state index contributed by atoms with van der Waals surface area (Å²) in [7, 11) is 0. The van der Waals surface area contributed by atoms with Gasteiger partial charge in [0.05, 0.1) is 0 Å². The number of benzene rings is 2. The van der Waals surface area contributed by atoms with E-state index >= 15 is 0 Å². The van der Waals surface area contributed by atoms with E-state index in [1.807, 2.05) is 30.3 Å². The normalized spacial score (nSPS) is 10.1. The molecule has 0 heterocycles. The molecular weight excluding hydrogens is 314 g/mol. The van der Waals surface area contributed by atoms with Crippen molar-refractivity contribution in [1.82, 2.24) is 5.32 Å². The van der Waals surface area contributed by atoms with Gasteiger partial charge < -0.3 is 16.0 Å². The van der Waals surface area contributed by atoms with Crippen molar-refractivity contribution < 1.29 is 9.59 Å². The van der Waals surface area contributed by atoms with E-state index < -0.39 is 0 Å². The first-order valence-electron chi connectivity index (χ1n) is 8.70. The molecule has 0 saturated carbocycles. The number of anilines is 2. The van der Waals surface area contributed by atoms with Crippen molar-refractivity contribution in [1.29, 1.82) is 0 Å². The lowest BCUT2D eigenvalue weighted by Crippen LogP contribution is -2.24. The Morgan fingerprint density at radius 1 is 0.800 bits per heavy atom. The summed E-state index contributed by atoms with van der Waals surface area (Å²) in [6.45, 7) is 2.85. The number of carbonyl (C=O) groups is 2. The fourth-order valence-corrected chi connectivity index (χ4v) is 2.38. The smallest absolute Gasteiger partial charge is 0.323 e. The molecule has 0 aliphatic carbocycles. The largest absolute Gasteiger partial charge is 0.352 e. The molecule has 25 heavy (non-hydrogen) atoms. The predicted octanol–water partition coefficient (Wildman–Crippen LogP) is 4.64. The lowest BCUT2D eigenvalue weighted by atomic mass is 10.2. The van der Waals surface area contributed by atoms with Gasteiger partial charge in [-0.3, -0.25) is 4.79 Å². The van der Waals surface area contributed by atoms with Crippen LogP contribution in [0.25, 0.3) is 0 Å². The van der Waals surface area contributed by atoms with Crippen molar-refractivity contribution >= 4 is 23.3 Å². The third-order valence-electron chi connectivity index (χ3n) is 3.75. The molecule has 3 amide bonds. The number of unbranched alkanes of at least 4 members (excludes halogenated alkanes) is 3. The van der Waals surface area contributed by atoms with Crippen LogP contribution in [0.15, 0.2) is 54.6 Å². The van der Waals surface area contributed by atoms with Gasteiger partial charge in [0.1, 0.15) is 0 Å². The van der Waals surface area contributed by atoms with Gasteiger partial charge in [-0.05, 0) is 42.8 Å². The van der Waals surface area contributed by atoms with Gasteiger partial charge in [0.2, 0.25) is 0 Å². The molecule has 0 atom stereocenters. The first kappa shape index (κ1) is 18.5. The molecule has 0 aliphatic rings. The number of carbonyl (C=O) groups excluding carboxylic acids is 2. The molecule has 5 nitrogen and oxygen atoms in total. The maximum Gasteiger partial charge on any atom is 0.323 e. The van der Waals surface area contributed by atoms with Crippen LogP contribution in [0.5, 0.6) is 0 Å². The molecule has 0 unspecified atom stereocenters. The summed E-state index contributed by atoms with van der Waals surface area (Å²) < 4.78 is 0. The van der Waals surface area contributed by atoms with Crippen LogP contribution in [0.4, 0.5) is 16.2 Å². The summed E-state index contributed by atoms with van der Waals surface area (Å²) >= 11 is 0. The number of para-hydroxylation sites is 1. The zero-order chi connectivity index (χ0) is 17.9. The average Bonchev–Trinajstić information content (AvgIpc) is 2.63. The standard InChI is InChI=1S/C20H25N3O2/c1-2-3-4-8-15-21-19(24)16-11-13-18(14-12-16)23-20(25)22-17-9-6-5-7-10-17/h5-7,9-14H,2-4,8,15H2,1H3,(H,21,24)(H2,22,23,25). The van der Waals surface area contributed by atoms with Gasteiger partial charge in [0.15, 0.2) is 0 Å². The fraction of sp³-hybridized carbons (Fsp3) is 0.300. The first-order chi connectivity index (χ1) is 12.2. The number of hydrogen-bond donors (Lipinski definition) is 3. The quantitative estimate of drug-likeness (QED) is 0.613. The fourth-order valence-electron chi connectivity index (χ4n) is 2.38. The van der Waals surface area contributed by atoms with Crippen LogP contribution in [0.3, 0.4) is 0 Å². The molecule has 0 fully saturated rings. The third kappa shape index (κ3) is 6.67. The topological polar surface area (TPSA) is 70.2 Å². The highest BCUT2D eigenvalue weighted by Gasteiger charge is 2.06. The Morgan fingerprint density at radius 2 is 1.44 bits per heavy atom. The molecule has 0 aromatic heterocycles. The van der Waals surface area contributed by atoms with Crippen molar-refractivity contribution in [2.75, 3.05) is 17.2 Å². The van der Waals surface area contributed by atoms with Crippen molar-refractivity contribution in [2.24, 2.45) is 0 Å². The van der Waals surface area contributed by atoms with Crippen molar-refractivity contribution in [2.45, 2.75) is 32.6 Å². The molecule has 2 aromatic rings. The van der Waals surface area contributed by atoms with E-state index in [-0.39, 0.29) is 11.9 Å². The van der Waals surface area contributed by atoms with Crippen LogP contribution >= 0.6 is 0 Å². The minimum atomic E-state index is -0.320. The first-order valence-corrected chi connectivity index (χ1v) is 8.70. The van der Waals surface area contributed by atoms with E-state index in [0.717, 1.165) is 18.5 Å². The maximum atomic E-state index is 12.0. The second kappa shape index (κ2) is 10.1. The molecule has 0 bridgehead atoms. The second-order valence-electron chi connectivity index (χ2n) is 5.84. The van der Waals surface area contributed by atoms with E-state index in [1.165, 1.54) is 12.8 Å². The molecule has 5 heteroatoms. The second-order valence-corrected chi connectivity index (χ2v) is 5.84. The monoisotopic (exact) mass is 339 g/mol. The third-order valence-corrected chi connectivity index (χ3v) is 3.75. The summed E-state index contributed by atoms with van der Waals surface area (Å²) in [4.78, 5) is 24.0. The van der Waals surface area contributed by atoms with Crippen LogP contribution < -0.4 is 16.0 Å². The van der Waals surface area contributed by atoms with E-state index in [4.69, 9.17) is 0 Å². The molecule has 0 aliphatic heterocycles. The SMILES string of the molecule is CCCCCCNC(=O)c1ccc(NC(=O)Nc2ccccc2)cc1. The van der Waals surface area contributed by atoms with Gasteiger partial charge in [-0.15, -0.1) is 0 Å². The van der Waals surface area contributed by atoms with Crippen LogP contribution in [-0.2, 0) is 0 Å². The van der Waals surface area contributed by atoms with Gasteiger partial charge in [0, 0.05) is 23.5 Å². The van der Waals surface area contributed by atoms with Crippen LogP contribution in [0.1, 0.15) is 43.0 Å². The highest BCUT2D eigenvalue weighted by molar-refractivity contribution is 6.00. The summed E-state index contributed by atoms with van der Waals surface area (Å²) in [5, 5.41) is 8.40. The van der Waals surface area contributed by atoms with E-state index in [9.17, 15) is 9.59 Å². The van der Waals surface area contributed by atoms with Gasteiger partial charge in [-0.25, -0.2) is 4.79 Å². The van der Waals surface area contributed by atoms with Gasteiger partial charge in [-0.1, -0.05) is 44.4 Å². The predicted molar refractivity (Wildman–Crippen MR) is 102 cm³/mol. The highest BCUT2D eigenvalue weighted by atomic mass is 16.2. The molecule has 0 saturated heterocycles. The number of rotatable bonds is 8. The summed E-state index contributed by atoms with van der Waals surface area (Å²) in [5.74, 6) is -0.0863. The minimum Gasteiger partial charge on any atom is -0.352 e. The summed E-state index contributed by atoms with van der Waals surface area (Å²) in [6, 6.07) is 15.7. The number of hydrogen-bond acceptors (Lipinski definition) is 2. The van der Waals surface area contributed by atoms with Crippen molar-refractivity contribution in [3.05, 3.63) is 60.2 Å². The molecular formula is C20H25N3O2. The summed E-state index contributed by atoms with van der Waals surface area (Å²) in [5.41, 5.74) is 1.94. The zero-order valence-corrected chi connectivity index (χ0v) is 14.5. The van der Waals surface area contributed by atoms with Crippen LogP contribution in [-0.4, -0.2) is 18.5 Å². The lowest BCUT2D eigenvalue weighted by molar-refractivity contribution is 0.0953. The number of urea groups is 1. The Balaban J connectivity index is 1.79. The number of nitrogens with one attached hydrogen (secondary N) is 3.